The third-order valence-electron chi connectivity index (χ3n) is 1.92. The van der Waals surface area contributed by atoms with E-state index in [-0.39, 0.29) is 0 Å². The van der Waals surface area contributed by atoms with E-state index in [1.54, 1.807) is 0 Å². The van der Waals surface area contributed by atoms with Gasteiger partial charge in [0.1, 0.15) is 0 Å². The molecule has 0 aliphatic heterocycles. The SMILES string of the molecule is CC.CCCCC1=CCCC1=O. The zero-order valence-electron chi connectivity index (χ0n) is 8.52. The van der Waals surface area contributed by atoms with Gasteiger partial charge in [0.15, 0.2) is 5.78 Å². The van der Waals surface area contributed by atoms with Gasteiger partial charge in [-0.2, -0.15) is 0 Å². The Morgan fingerprint density at radius 3 is 2.50 bits per heavy atom. The lowest BCUT2D eigenvalue weighted by molar-refractivity contribution is -0.115. The molecule has 0 spiro atoms. The summed E-state index contributed by atoms with van der Waals surface area (Å²) in [6, 6.07) is 0. The van der Waals surface area contributed by atoms with Crippen LogP contribution in [0, 0.1) is 0 Å². The number of carbonyl (C=O) groups excluding carboxylic acids is 1. The van der Waals surface area contributed by atoms with Crippen LogP contribution in [0.5, 0.6) is 0 Å². The van der Waals surface area contributed by atoms with Gasteiger partial charge in [0.05, 0.1) is 0 Å². The molecule has 1 aliphatic carbocycles. The average Bonchev–Trinajstić information content (AvgIpc) is 2.51. The van der Waals surface area contributed by atoms with Crippen LogP contribution in [0.1, 0.15) is 52.9 Å². The number of rotatable bonds is 3. The van der Waals surface area contributed by atoms with Gasteiger partial charge in [0.2, 0.25) is 0 Å². The van der Waals surface area contributed by atoms with Crippen molar-refractivity contribution in [3.05, 3.63) is 11.6 Å². The van der Waals surface area contributed by atoms with E-state index >= 15 is 0 Å². The number of unbranched alkanes of at least 4 members (excludes halogenated alkanes) is 1. The molecular formula is C11H20O. The Labute approximate surface area is 75.9 Å². The van der Waals surface area contributed by atoms with Crippen LogP contribution in [-0.4, -0.2) is 5.78 Å². The second-order valence-corrected chi connectivity index (χ2v) is 2.79. The van der Waals surface area contributed by atoms with Gasteiger partial charge >= 0.3 is 0 Å². The van der Waals surface area contributed by atoms with E-state index in [0.717, 1.165) is 31.3 Å². The molecule has 70 valence electrons. The van der Waals surface area contributed by atoms with Crippen molar-refractivity contribution in [2.24, 2.45) is 0 Å². The van der Waals surface area contributed by atoms with Gasteiger partial charge in [0.25, 0.3) is 0 Å². The fourth-order valence-electron chi connectivity index (χ4n) is 1.26. The molecule has 12 heavy (non-hydrogen) atoms. The molecule has 1 heteroatoms. The summed E-state index contributed by atoms with van der Waals surface area (Å²) in [7, 11) is 0. The summed E-state index contributed by atoms with van der Waals surface area (Å²) in [5, 5.41) is 0. The highest BCUT2D eigenvalue weighted by Gasteiger charge is 2.13. The van der Waals surface area contributed by atoms with Gasteiger partial charge in [-0.25, -0.2) is 0 Å². The van der Waals surface area contributed by atoms with E-state index in [0.29, 0.717) is 5.78 Å². The van der Waals surface area contributed by atoms with Gasteiger partial charge in [-0.15, -0.1) is 0 Å². The van der Waals surface area contributed by atoms with E-state index in [4.69, 9.17) is 0 Å². The molecule has 0 aromatic heterocycles. The van der Waals surface area contributed by atoms with Gasteiger partial charge < -0.3 is 0 Å². The molecule has 1 aliphatic rings. The maximum absolute atomic E-state index is 11.0. The molecule has 0 N–H and O–H groups in total. The number of carbonyl (C=O) groups is 1. The third-order valence-corrected chi connectivity index (χ3v) is 1.92. The molecule has 0 atom stereocenters. The average molecular weight is 168 g/mol. The summed E-state index contributed by atoms with van der Waals surface area (Å²) in [5.41, 5.74) is 1.09. The smallest absolute Gasteiger partial charge is 0.158 e. The minimum Gasteiger partial charge on any atom is -0.295 e. The van der Waals surface area contributed by atoms with Crippen molar-refractivity contribution in [2.45, 2.75) is 52.9 Å². The van der Waals surface area contributed by atoms with Crippen LogP contribution in [0.3, 0.4) is 0 Å². The second-order valence-electron chi connectivity index (χ2n) is 2.79. The molecule has 0 aromatic rings. The van der Waals surface area contributed by atoms with Crippen LogP contribution in [0.15, 0.2) is 11.6 Å². The Kier molecular flexibility index (Phi) is 6.73. The highest BCUT2D eigenvalue weighted by atomic mass is 16.1. The fourth-order valence-corrected chi connectivity index (χ4v) is 1.26. The lowest BCUT2D eigenvalue weighted by atomic mass is 10.1. The van der Waals surface area contributed by atoms with E-state index in [9.17, 15) is 4.79 Å². The lowest BCUT2D eigenvalue weighted by Gasteiger charge is -1.96. The Bertz CT molecular complexity index is 156. The lowest BCUT2D eigenvalue weighted by Crippen LogP contribution is -1.94. The minimum absolute atomic E-state index is 0.383. The number of hydrogen-bond acceptors (Lipinski definition) is 1. The molecular weight excluding hydrogens is 148 g/mol. The first-order chi connectivity index (χ1) is 5.84. The predicted molar refractivity (Wildman–Crippen MR) is 53.2 cm³/mol. The predicted octanol–water partition coefficient (Wildman–Crippen LogP) is 3.49. The first kappa shape index (κ1) is 11.4. The molecule has 0 heterocycles. The summed E-state index contributed by atoms with van der Waals surface area (Å²) in [4.78, 5) is 11.0. The molecule has 0 radical (unpaired) electrons. The quantitative estimate of drug-likeness (QED) is 0.630. The Hall–Kier alpha value is -0.590. The van der Waals surface area contributed by atoms with Crippen molar-refractivity contribution in [3.63, 3.8) is 0 Å². The van der Waals surface area contributed by atoms with Crippen molar-refractivity contribution >= 4 is 5.78 Å². The molecule has 0 aromatic carbocycles. The zero-order valence-corrected chi connectivity index (χ0v) is 8.52. The van der Waals surface area contributed by atoms with Crippen LogP contribution in [-0.2, 0) is 4.79 Å². The summed E-state index contributed by atoms with van der Waals surface area (Å²) in [5.74, 6) is 0.383. The van der Waals surface area contributed by atoms with E-state index < -0.39 is 0 Å². The Morgan fingerprint density at radius 2 is 2.08 bits per heavy atom. The van der Waals surface area contributed by atoms with E-state index in [2.05, 4.69) is 13.0 Å². The van der Waals surface area contributed by atoms with Crippen LogP contribution >= 0.6 is 0 Å². The first-order valence-electron chi connectivity index (χ1n) is 5.07. The molecule has 0 unspecified atom stereocenters. The maximum atomic E-state index is 11.0. The van der Waals surface area contributed by atoms with Crippen LogP contribution in [0.2, 0.25) is 0 Å². The van der Waals surface area contributed by atoms with Crippen molar-refractivity contribution in [2.75, 3.05) is 0 Å². The molecule has 0 saturated heterocycles. The molecule has 0 fully saturated rings. The highest BCUT2D eigenvalue weighted by molar-refractivity contribution is 5.97. The minimum atomic E-state index is 0.383. The number of ketones is 1. The fraction of sp³-hybridized carbons (Fsp3) is 0.727. The molecule has 0 amide bonds. The largest absolute Gasteiger partial charge is 0.295 e. The topological polar surface area (TPSA) is 17.1 Å². The Balaban J connectivity index is 0.000000561. The van der Waals surface area contributed by atoms with E-state index in [1.165, 1.54) is 6.42 Å². The maximum Gasteiger partial charge on any atom is 0.158 e. The van der Waals surface area contributed by atoms with Crippen molar-refractivity contribution in [3.8, 4) is 0 Å². The number of Topliss-reactive ketones (excluding diaryl/α,β-unsaturated/α-hetero) is 1. The number of hydrogen-bond donors (Lipinski definition) is 0. The molecule has 1 rings (SSSR count). The van der Waals surface area contributed by atoms with Crippen LogP contribution in [0.25, 0.3) is 0 Å². The van der Waals surface area contributed by atoms with Crippen LogP contribution < -0.4 is 0 Å². The molecule has 0 bridgehead atoms. The van der Waals surface area contributed by atoms with Gasteiger partial charge in [-0.05, 0) is 24.8 Å². The molecule has 0 saturated carbocycles. The van der Waals surface area contributed by atoms with E-state index in [1.807, 2.05) is 13.8 Å². The normalized spacial score (nSPS) is 15.2. The summed E-state index contributed by atoms with van der Waals surface area (Å²) in [6.45, 7) is 6.15. The summed E-state index contributed by atoms with van der Waals surface area (Å²) in [6.07, 6.45) is 7.20. The van der Waals surface area contributed by atoms with Gasteiger partial charge in [-0.1, -0.05) is 33.3 Å². The summed E-state index contributed by atoms with van der Waals surface area (Å²) < 4.78 is 0. The standard InChI is InChI=1S/C9H14O.C2H6/c1-2-3-5-8-6-4-7-9(8)10;1-2/h6H,2-5,7H2,1H3;1-2H3. The van der Waals surface area contributed by atoms with Crippen LogP contribution in [0.4, 0.5) is 0 Å². The third kappa shape index (κ3) is 3.70. The first-order valence-corrected chi connectivity index (χ1v) is 5.07. The number of allylic oxidation sites excluding steroid dienone is 2. The van der Waals surface area contributed by atoms with Gasteiger partial charge in [0, 0.05) is 6.42 Å². The highest BCUT2D eigenvalue weighted by Crippen LogP contribution is 2.18. The second kappa shape index (κ2) is 7.08. The van der Waals surface area contributed by atoms with Crippen molar-refractivity contribution < 1.29 is 4.79 Å². The Morgan fingerprint density at radius 1 is 1.42 bits per heavy atom. The van der Waals surface area contributed by atoms with Crippen molar-refractivity contribution in [1.82, 2.24) is 0 Å². The zero-order chi connectivity index (χ0) is 9.40. The molecule has 1 nitrogen and oxygen atoms in total. The van der Waals surface area contributed by atoms with Gasteiger partial charge in [-0.3, -0.25) is 4.79 Å². The summed E-state index contributed by atoms with van der Waals surface area (Å²) >= 11 is 0. The van der Waals surface area contributed by atoms with Crippen molar-refractivity contribution in [1.29, 1.82) is 0 Å². The monoisotopic (exact) mass is 168 g/mol.